The number of nitriles is 1. The molecule has 2 rings (SSSR count). The van der Waals surface area contributed by atoms with Gasteiger partial charge in [-0.1, -0.05) is 12.1 Å². The number of nitrogens with two attached hydrogens (primary N) is 1. The van der Waals surface area contributed by atoms with E-state index in [1.165, 1.54) is 0 Å². The second-order valence-corrected chi connectivity index (χ2v) is 4.45. The topological polar surface area (TPSA) is 71.1 Å². The van der Waals surface area contributed by atoms with Crippen molar-refractivity contribution in [2.24, 2.45) is 0 Å². The van der Waals surface area contributed by atoms with E-state index in [2.05, 4.69) is 11.4 Å². The minimum Gasteiger partial charge on any atom is -0.492 e. The fourth-order valence-corrected chi connectivity index (χ4v) is 1.90. The third-order valence-electron chi connectivity index (χ3n) is 2.95. The highest BCUT2D eigenvalue weighted by Crippen LogP contribution is 2.19. The van der Waals surface area contributed by atoms with Gasteiger partial charge in [0, 0.05) is 12.2 Å². The third-order valence-corrected chi connectivity index (χ3v) is 2.95. The quantitative estimate of drug-likeness (QED) is 0.645. The van der Waals surface area contributed by atoms with E-state index in [9.17, 15) is 0 Å². The molecule has 0 atom stereocenters. The summed E-state index contributed by atoms with van der Waals surface area (Å²) in [6.45, 7) is 3.12. The number of ether oxygens (including phenoxy) is 1. The van der Waals surface area contributed by atoms with Crippen molar-refractivity contribution in [3.8, 4) is 11.8 Å². The molecule has 0 aliphatic rings. The number of nitrogens with zero attached hydrogens (tertiary/aromatic N) is 1. The largest absolute Gasteiger partial charge is 0.492 e. The fourth-order valence-electron chi connectivity index (χ4n) is 1.90. The lowest BCUT2D eigenvalue weighted by Crippen LogP contribution is -2.13. The third kappa shape index (κ3) is 3.42. The first-order chi connectivity index (χ1) is 9.70. The van der Waals surface area contributed by atoms with Gasteiger partial charge in [0.2, 0.25) is 0 Å². The maximum atomic E-state index is 9.07. The summed E-state index contributed by atoms with van der Waals surface area (Å²) in [5.74, 6) is 0.784. The van der Waals surface area contributed by atoms with Crippen LogP contribution < -0.4 is 15.8 Å². The summed E-state index contributed by atoms with van der Waals surface area (Å²) < 4.78 is 5.60. The number of benzene rings is 2. The van der Waals surface area contributed by atoms with E-state index < -0.39 is 0 Å². The first kappa shape index (κ1) is 13.8. The van der Waals surface area contributed by atoms with Crippen LogP contribution in [0.3, 0.4) is 0 Å². The Kier molecular flexibility index (Phi) is 4.46. The Hall–Kier alpha value is -2.67. The van der Waals surface area contributed by atoms with Gasteiger partial charge in [-0.25, -0.2) is 0 Å². The van der Waals surface area contributed by atoms with Crippen LogP contribution in [0.25, 0.3) is 0 Å². The smallest absolute Gasteiger partial charge is 0.119 e. The van der Waals surface area contributed by atoms with Gasteiger partial charge in [0.1, 0.15) is 18.4 Å². The highest BCUT2D eigenvalue weighted by atomic mass is 16.5. The molecular formula is C16H17N3O. The van der Waals surface area contributed by atoms with Gasteiger partial charge in [0.15, 0.2) is 0 Å². The highest BCUT2D eigenvalue weighted by Gasteiger charge is 2.04. The van der Waals surface area contributed by atoms with Crippen LogP contribution in [0.2, 0.25) is 0 Å². The van der Waals surface area contributed by atoms with Gasteiger partial charge in [-0.05, 0) is 42.8 Å². The summed E-state index contributed by atoms with van der Waals surface area (Å²) in [7, 11) is 0. The van der Waals surface area contributed by atoms with E-state index in [4.69, 9.17) is 15.7 Å². The molecule has 0 heterocycles. The Bertz CT molecular complexity index is 615. The van der Waals surface area contributed by atoms with E-state index >= 15 is 0 Å². The number of nitrogen functional groups attached to an aromatic ring is 1. The maximum absolute atomic E-state index is 9.07. The van der Waals surface area contributed by atoms with Crippen molar-refractivity contribution < 1.29 is 4.74 Å². The highest BCUT2D eigenvalue weighted by molar-refractivity contribution is 5.62. The van der Waals surface area contributed by atoms with E-state index in [0.29, 0.717) is 24.4 Å². The van der Waals surface area contributed by atoms with E-state index in [0.717, 1.165) is 17.0 Å². The molecule has 20 heavy (non-hydrogen) atoms. The Morgan fingerprint density at radius 2 is 1.95 bits per heavy atom. The van der Waals surface area contributed by atoms with Crippen LogP contribution in [0, 0.1) is 18.3 Å². The van der Waals surface area contributed by atoms with Gasteiger partial charge in [-0.3, -0.25) is 0 Å². The number of rotatable bonds is 5. The average Bonchev–Trinajstić information content (AvgIpc) is 2.46. The zero-order chi connectivity index (χ0) is 14.4. The van der Waals surface area contributed by atoms with Crippen LogP contribution in [0.15, 0.2) is 42.5 Å². The SMILES string of the molecule is Cc1cccc(C#N)c1NCCOc1ccc(N)cc1. The van der Waals surface area contributed by atoms with E-state index in [1.807, 2.05) is 31.2 Å². The lowest BCUT2D eigenvalue weighted by atomic mass is 10.1. The monoisotopic (exact) mass is 267 g/mol. The van der Waals surface area contributed by atoms with Gasteiger partial charge in [0.25, 0.3) is 0 Å². The molecule has 2 aromatic rings. The lowest BCUT2D eigenvalue weighted by Gasteiger charge is -2.12. The second kappa shape index (κ2) is 6.48. The molecule has 0 aliphatic carbocycles. The van der Waals surface area contributed by atoms with Crippen molar-refractivity contribution in [3.63, 3.8) is 0 Å². The minimum absolute atomic E-state index is 0.517. The number of nitrogens with one attached hydrogen (secondary N) is 1. The predicted octanol–water partition coefficient (Wildman–Crippen LogP) is 2.94. The molecule has 0 spiro atoms. The zero-order valence-corrected chi connectivity index (χ0v) is 11.4. The van der Waals surface area contributed by atoms with Crippen molar-refractivity contribution in [1.29, 1.82) is 5.26 Å². The Labute approximate surface area is 118 Å². The van der Waals surface area contributed by atoms with Crippen LogP contribution in [0.4, 0.5) is 11.4 Å². The summed E-state index contributed by atoms with van der Waals surface area (Å²) >= 11 is 0. The lowest BCUT2D eigenvalue weighted by molar-refractivity contribution is 0.333. The van der Waals surface area contributed by atoms with Crippen molar-refractivity contribution >= 4 is 11.4 Å². The molecule has 0 unspecified atom stereocenters. The fraction of sp³-hybridized carbons (Fsp3) is 0.188. The number of para-hydroxylation sites is 1. The Morgan fingerprint density at radius 3 is 2.65 bits per heavy atom. The predicted molar refractivity (Wildman–Crippen MR) is 80.7 cm³/mol. The standard InChI is InChI=1S/C16H17N3O/c1-12-3-2-4-13(11-17)16(12)19-9-10-20-15-7-5-14(18)6-8-15/h2-8,19H,9-10,18H2,1H3. The second-order valence-electron chi connectivity index (χ2n) is 4.45. The van der Waals surface area contributed by atoms with E-state index in [-0.39, 0.29) is 0 Å². The first-order valence-corrected chi connectivity index (χ1v) is 6.42. The van der Waals surface area contributed by atoms with Crippen LogP contribution >= 0.6 is 0 Å². The van der Waals surface area contributed by atoms with Gasteiger partial charge >= 0.3 is 0 Å². The molecule has 0 saturated heterocycles. The number of anilines is 2. The van der Waals surface area contributed by atoms with Crippen molar-refractivity contribution in [2.75, 3.05) is 24.2 Å². The summed E-state index contributed by atoms with van der Waals surface area (Å²) in [4.78, 5) is 0. The van der Waals surface area contributed by atoms with Crippen molar-refractivity contribution in [3.05, 3.63) is 53.6 Å². The molecule has 2 aromatic carbocycles. The molecule has 102 valence electrons. The molecule has 4 nitrogen and oxygen atoms in total. The number of hydrogen-bond donors (Lipinski definition) is 2. The van der Waals surface area contributed by atoms with Crippen LogP contribution in [0.1, 0.15) is 11.1 Å². The normalized spacial score (nSPS) is 9.80. The first-order valence-electron chi connectivity index (χ1n) is 6.42. The molecular weight excluding hydrogens is 250 g/mol. The molecule has 0 saturated carbocycles. The Balaban J connectivity index is 1.88. The molecule has 0 radical (unpaired) electrons. The number of aryl methyl sites for hydroxylation is 1. The molecule has 3 N–H and O–H groups in total. The van der Waals surface area contributed by atoms with Gasteiger partial charge in [-0.2, -0.15) is 5.26 Å². The number of hydrogen-bond acceptors (Lipinski definition) is 4. The maximum Gasteiger partial charge on any atom is 0.119 e. The molecule has 0 fully saturated rings. The van der Waals surface area contributed by atoms with Crippen molar-refractivity contribution in [2.45, 2.75) is 6.92 Å². The summed E-state index contributed by atoms with van der Waals surface area (Å²) in [6.07, 6.45) is 0. The molecule has 0 aliphatic heterocycles. The van der Waals surface area contributed by atoms with Crippen LogP contribution in [-0.4, -0.2) is 13.2 Å². The van der Waals surface area contributed by atoms with Crippen LogP contribution in [0.5, 0.6) is 5.75 Å². The molecule has 0 amide bonds. The van der Waals surface area contributed by atoms with Gasteiger partial charge in [0.05, 0.1) is 11.3 Å². The van der Waals surface area contributed by atoms with Gasteiger partial charge < -0.3 is 15.8 Å². The zero-order valence-electron chi connectivity index (χ0n) is 11.4. The summed E-state index contributed by atoms with van der Waals surface area (Å²) in [6, 6.07) is 15.1. The Morgan fingerprint density at radius 1 is 1.20 bits per heavy atom. The van der Waals surface area contributed by atoms with E-state index in [1.54, 1.807) is 18.2 Å². The average molecular weight is 267 g/mol. The van der Waals surface area contributed by atoms with Gasteiger partial charge in [-0.15, -0.1) is 0 Å². The minimum atomic E-state index is 0.517. The molecule has 4 heteroatoms. The molecule has 0 aromatic heterocycles. The summed E-state index contributed by atoms with van der Waals surface area (Å²) in [5, 5.41) is 12.3. The summed E-state index contributed by atoms with van der Waals surface area (Å²) in [5.41, 5.74) is 8.90. The molecule has 0 bridgehead atoms. The van der Waals surface area contributed by atoms with Crippen molar-refractivity contribution in [1.82, 2.24) is 0 Å². The van der Waals surface area contributed by atoms with Crippen LogP contribution in [-0.2, 0) is 0 Å².